The van der Waals surface area contributed by atoms with Crippen molar-refractivity contribution in [3.8, 4) is 0 Å². The Balaban J connectivity index is 1.40. The van der Waals surface area contributed by atoms with Gasteiger partial charge in [-0.15, -0.1) is 5.06 Å². The Morgan fingerprint density at radius 1 is 1.04 bits per heavy atom. The average molecular weight is 393 g/mol. The Labute approximate surface area is 163 Å². The number of hydrogen-bond acceptors (Lipinski definition) is 6. The first-order valence-electron chi connectivity index (χ1n) is 10.3. The maximum absolute atomic E-state index is 12.7. The second-order valence-electron chi connectivity index (χ2n) is 8.07. The van der Waals surface area contributed by atoms with Crippen LogP contribution in [-0.4, -0.2) is 64.1 Å². The quantitative estimate of drug-likeness (QED) is 0.503. The van der Waals surface area contributed by atoms with Gasteiger partial charge in [0.2, 0.25) is 0 Å². The molecule has 4 fully saturated rings. The molecule has 2 bridgehead atoms. The number of fused-ring (bicyclic) bond motifs is 3. The zero-order valence-corrected chi connectivity index (χ0v) is 16.2. The van der Waals surface area contributed by atoms with Gasteiger partial charge in [0.1, 0.15) is 6.04 Å². The van der Waals surface area contributed by atoms with Gasteiger partial charge in [-0.2, -0.15) is 5.06 Å². The molecule has 3 saturated heterocycles. The minimum absolute atomic E-state index is 0.0775. The third-order valence-corrected chi connectivity index (χ3v) is 6.31. The molecule has 0 aromatic carbocycles. The number of rotatable bonds is 6. The number of carbonyl (C=O) groups excluding carboxylic acids is 4. The first kappa shape index (κ1) is 19.2. The van der Waals surface area contributed by atoms with Crippen LogP contribution in [0.1, 0.15) is 58.3 Å². The molecular weight excluding hydrogens is 366 g/mol. The zero-order valence-electron chi connectivity index (χ0n) is 16.2. The van der Waals surface area contributed by atoms with Crippen LogP contribution in [0, 0.1) is 11.8 Å². The van der Waals surface area contributed by atoms with E-state index in [0.717, 1.165) is 25.7 Å². The summed E-state index contributed by atoms with van der Waals surface area (Å²) in [5.41, 5.74) is 0. The number of amides is 4. The minimum atomic E-state index is -0.799. The van der Waals surface area contributed by atoms with Crippen molar-refractivity contribution in [1.82, 2.24) is 15.0 Å². The van der Waals surface area contributed by atoms with Gasteiger partial charge >= 0.3 is 12.0 Å². The molecule has 0 aromatic heterocycles. The van der Waals surface area contributed by atoms with Gasteiger partial charge in [0.15, 0.2) is 0 Å². The molecule has 4 rings (SSSR count). The summed E-state index contributed by atoms with van der Waals surface area (Å²) in [7, 11) is 0. The SMILES string of the molecule is CCCCON1C(=O)N2C[C@@H]1CC[C@H]2C(=O)ON1C(=O)C2CCCC[C@@H]2C1=O. The number of urea groups is 1. The van der Waals surface area contributed by atoms with E-state index < -0.39 is 23.8 Å². The topological polar surface area (TPSA) is 96.5 Å². The number of unbranched alkanes of at least 4 members (excludes halogenated alkanes) is 1. The molecule has 0 spiro atoms. The van der Waals surface area contributed by atoms with E-state index in [1.807, 2.05) is 6.92 Å². The van der Waals surface area contributed by atoms with Crippen LogP contribution in [0.15, 0.2) is 0 Å². The summed E-state index contributed by atoms with van der Waals surface area (Å²) in [6.45, 7) is 2.89. The predicted octanol–water partition coefficient (Wildman–Crippen LogP) is 1.62. The van der Waals surface area contributed by atoms with Gasteiger partial charge in [-0.25, -0.2) is 9.59 Å². The van der Waals surface area contributed by atoms with Crippen LogP contribution in [0.5, 0.6) is 0 Å². The Morgan fingerprint density at radius 2 is 1.71 bits per heavy atom. The van der Waals surface area contributed by atoms with E-state index in [-0.39, 0.29) is 23.9 Å². The van der Waals surface area contributed by atoms with Crippen molar-refractivity contribution >= 4 is 23.8 Å². The van der Waals surface area contributed by atoms with Gasteiger partial charge in [0, 0.05) is 6.54 Å². The molecule has 0 aromatic rings. The van der Waals surface area contributed by atoms with E-state index in [0.29, 0.717) is 43.9 Å². The molecule has 3 aliphatic heterocycles. The largest absolute Gasteiger partial charge is 0.355 e. The molecule has 28 heavy (non-hydrogen) atoms. The Hall–Kier alpha value is -2.16. The molecule has 9 nitrogen and oxygen atoms in total. The maximum atomic E-state index is 12.7. The Morgan fingerprint density at radius 3 is 2.36 bits per heavy atom. The summed E-state index contributed by atoms with van der Waals surface area (Å²) in [5, 5.41) is 2.02. The first-order chi connectivity index (χ1) is 13.5. The summed E-state index contributed by atoms with van der Waals surface area (Å²) < 4.78 is 0. The molecule has 4 atom stereocenters. The van der Waals surface area contributed by atoms with E-state index in [4.69, 9.17) is 9.68 Å². The second-order valence-corrected chi connectivity index (χ2v) is 8.07. The van der Waals surface area contributed by atoms with E-state index in [9.17, 15) is 19.2 Å². The molecular formula is C19H27N3O6. The van der Waals surface area contributed by atoms with Crippen molar-refractivity contribution in [2.75, 3.05) is 13.2 Å². The van der Waals surface area contributed by atoms with Gasteiger partial charge in [0.25, 0.3) is 11.8 Å². The van der Waals surface area contributed by atoms with E-state index in [1.54, 1.807) is 0 Å². The van der Waals surface area contributed by atoms with Crippen molar-refractivity contribution in [2.24, 2.45) is 11.8 Å². The van der Waals surface area contributed by atoms with Crippen molar-refractivity contribution in [1.29, 1.82) is 0 Å². The monoisotopic (exact) mass is 393 g/mol. The number of piperidine rings is 1. The first-order valence-corrected chi connectivity index (χ1v) is 10.3. The van der Waals surface area contributed by atoms with E-state index in [2.05, 4.69) is 0 Å². The van der Waals surface area contributed by atoms with Gasteiger partial charge in [0.05, 0.1) is 24.5 Å². The lowest BCUT2D eigenvalue weighted by Crippen LogP contribution is -2.48. The van der Waals surface area contributed by atoms with E-state index >= 15 is 0 Å². The highest BCUT2D eigenvalue weighted by Gasteiger charge is 2.53. The van der Waals surface area contributed by atoms with Crippen LogP contribution < -0.4 is 0 Å². The maximum Gasteiger partial charge on any atom is 0.355 e. The van der Waals surface area contributed by atoms with Crippen molar-refractivity contribution in [3.63, 3.8) is 0 Å². The number of hydroxylamine groups is 4. The Kier molecular flexibility index (Phi) is 5.27. The Bertz CT molecular complexity index is 659. The number of carbonyl (C=O) groups is 4. The van der Waals surface area contributed by atoms with Crippen LogP contribution in [0.2, 0.25) is 0 Å². The lowest BCUT2D eigenvalue weighted by atomic mass is 9.81. The summed E-state index contributed by atoms with van der Waals surface area (Å²) in [6.07, 6.45) is 5.97. The van der Waals surface area contributed by atoms with Crippen molar-refractivity contribution < 1.29 is 28.9 Å². The van der Waals surface area contributed by atoms with Gasteiger partial charge in [-0.05, 0) is 32.1 Å². The van der Waals surface area contributed by atoms with Crippen molar-refractivity contribution in [3.05, 3.63) is 0 Å². The molecule has 154 valence electrons. The van der Waals surface area contributed by atoms with Gasteiger partial charge in [-0.3, -0.25) is 14.4 Å². The van der Waals surface area contributed by atoms with Gasteiger partial charge < -0.3 is 9.74 Å². The second kappa shape index (κ2) is 7.69. The van der Waals surface area contributed by atoms with Crippen LogP contribution in [-0.2, 0) is 24.1 Å². The lowest BCUT2D eigenvalue weighted by Gasteiger charge is -2.29. The number of nitrogens with zero attached hydrogens (tertiary/aromatic N) is 3. The summed E-state index contributed by atoms with van der Waals surface area (Å²) in [4.78, 5) is 62.7. The summed E-state index contributed by atoms with van der Waals surface area (Å²) >= 11 is 0. The highest BCUT2D eigenvalue weighted by Crippen LogP contribution is 2.38. The third kappa shape index (κ3) is 3.15. The smallest absolute Gasteiger partial charge is 0.328 e. The molecule has 0 N–H and O–H groups in total. The zero-order chi connectivity index (χ0) is 19.8. The van der Waals surface area contributed by atoms with Crippen molar-refractivity contribution in [2.45, 2.75) is 70.4 Å². The fourth-order valence-electron chi connectivity index (χ4n) is 4.72. The lowest BCUT2D eigenvalue weighted by molar-refractivity contribution is -0.202. The highest BCUT2D eigenvalue weighted by molar-refractivity contribution is 6.05. The summed E-state index contributed by atoms with van der Waals surface area (Å²) in [6, 6.07) is -1.23. The fourth-order valence-corrected chi connectivity index (χ4v) is 4.72. The van der Waals surface area contributed by atoms with Crippen LogP contribution >= 0.6 is 0 Å². The van der Waals surface area contributed by atoms with Crippen LogP contribution in [0.3, 0.4) is 0 Å². The predicted molar refractivity (Wildman–Crippen MR) is 95.0 cm³/mol. The van der Waals surface area contributed by atoms with E-state index in [1.165, 1.54) is 9.96 Å². The minimum Gasteiger partial charge on any atom is -0.328 e. The molecule has 4 aliphatic rings. The molecule has 9 heteroatoms. The normalized spacial score (nSPS) is 32.2. The number of hydrogen-bond donors (Lipinski definition) is 0. The van der Waals surface area contributed by atoms with Crippen LogP contribution in [0.4, 0.5) is 4.79 Å². The standard InChI is InChI=1S/C19H27N3O6/c1-2-3-10-27-21-12-8-9-15(20(11-12)19(21)26)18(25)28-22-16(23)13-6-4-5-7-14(13)17(22)24/h12-15H,2-11H2,1H3/t12-,13-,14?,15-/m0/s1. The van der Waals surface area contributed by atoms with Crippen LogP contribution in [0.25, 0.3) is 0 Å². The molecule has 3 heterocycles. The molecule has 1 aliphatic carbocycles. The fraction of sp³-hybridized carbons (Fsp3) is 0.789. The van der Waals surface area contributed by atoms with Gasteiger partial charge in [-0.1, -0.05) is 26.2 Å². The third-order valence-electron chi connectivity index (χ3n) is 6.31. The molecule has 4 amide bonds. The number of imide groups is 1. The highest BCUT2D eigenvalue weighted by atomic mass is 16.7. The molecule has 1 saturated carbocycles. The summed E-state index contributed by atoms with van der Waals surface area (Å²) in [5.74, 6) is -2.31. The average Bonchev–Trinajstić information content (AvgIpc) is 3.09. The molecule has 0 radical (unpaired) electrons. The molecule has 1 unspecified atom stereocenters.